The highest BCUT2D eigenvalue weighted by atomic mass is 32.1. The number of aryl methyl sites for hydroxylation is 1. The number of carbonyl (C=O) groups is 1. The summed E-state index contributed by atoms with van der Waals surface area (Å²) in [5, 5.41) is 3.80. The molecule has 0 radical (unpaired) electrons. The first-order valence-electron chi connectivity index (χ1n) is 10.2. The lowest BCUT2D eigenvalue weighted by molar-refractivity contribution is -0.145. The number of imidazole rings is 1. The molecule has 1 atom stereocenters. The molecule has 3 aromatic heterocycles. The topological polar surface area (TPSA) is 107 Å². The van der Waals surface area contributed by atoms with Crippen molar-refractivity contribution in [2.45, 2.75) is 26.0 Å². The number of carbonyl (C=O) groups excluding carboxylic acids is 1. The van der Waals surface area contributed by atoms with Gasteiger partial charge in [-0.3, -0.25) is 18.7 Å². The molecule has 0 N–H and O–H groups in total. The second-order valence-corrected chi connectivity index (χ2v) is 8.56. The minimum Gasteiger partial charge on any atom is -0.460 e. The second kappa shape index (κ2) is 8.54. The quantitative estimate of drug-likeness (QED) is 0.397. The van der Waals surface area contributed by atoms with Gasteiger partial charge in [-0.05, 0) is 23.6 Å². The normalized spacial score (nSPS) is 15.2. The molecular weight excluding hydrogens is 467 g/mol. The number of benzene rings is 1. The standard InChI is InChI=1S/C22H19FN4O6S/c1-25-19-17(20(29)26(2)22(25)30)27(11-24-19)7-16(28)31-8-13-5-15(23)6-14-9-32-21(33-18(13)14)12-3-4-34-10-12/h3-6,10-11,21H,7-9H2,1-2H3/t21-/m0/s1. The molecule has 176 valence electrons. The van der Waals surface area contributed by atoms with Crippen molar-refractivity contribution in [1.29, 1.82) is 0 Å². The summed E-state index contributed by atoms with van der Waals surface area (Å²) >= 11 is 1.50. The van der Waals surface area contributed by atoms with Gasteiger partial charge in [-0.15, -0.1) is 0 Å². The number of halogens is 1. The minimum atomic E-state index is -0.672. The van der Waals surface area contributed by atoms with Gasteiger partial charge in [0, 0.05) is 36.2 Å². The molecule has 0 aliphatic carbocycles. The summed E-state index contributed by atoms with van der Waals surface area (Å²) in [5.74, 6) is -0.765. The van der Waals surface area contributed by atoms with E-state index in [0.29, 0.717) is 16.9 Å². The molecule has 0 unspecified atom stereocenters. The Morgan fingerprint density at radius 3 is 2.88 bits per heavy atom. The molecule has 1 aliphatic rings. The van der Waals surface area contributed by atoms with Crippen LogP contribution in [0, 0.1) is 5.82 Å². The molecule has 34 heavy (non-hydrogen) atoms. The number of nitrogens with zero attached hydrogens (tertiary/aromatic N) is 4. The van der Waals surface area contributed by atoms with E-state index in [1.54, 1.807) is 0 Å². The van der Waals surface area contributed by atoms with Gasteiger partial charge in [0.1, 0.15) is 24.7 Å². The number of hydrogen-bond acceptors (Lipinski definition) is 8. The zero-order chi connectivity index (χ0) is 24.0. The Labute approximate surface area is 195 Å². The second-order valence-electron chi connectivity index (χ2n) is 7.78. The molecule has 12 heteroatoms. The minimum absolute atomic E-state index is 0.101. The maximum absolute atomic E-state index is 14.2. The van der Waals surface area contributed by atoms with Crippen LogP contribution in [0.1, 0.15) is 23.0 Å². The Balaban J connectivity index is 1.36. The smallest absolute Gasteiger partial charge is 0.332 e. The molecule has 10 nitrogen and oxygen atoms in total. The number of esters is 1. The molecule has 1 aliphatic heterocycles. The zero-order valence-electron chi connectivity index (χ0n) is 18.2. The highest BCUT2D eigenvalue weighted by molar-refractivity contribution is 7.07. The average Bonchev–Trinajstić information content (AvgIpc) is 3.50. The Bertz CT molecular complexity index is 1520. The van der Waals surface area contributed by atoms with Gasteiger partial charge in [0.25, 0.3) is 5.56 Å². The van der Waals surface area contributed by atoms with Crippen LogP contribution in [0.4, 0.5) is 4.39 Å². The first-order valence-corrected chi connectivity index (χ1v) is 11.2. The molecule has 0 spiro atoms. The van der Waals surface area contributed by atoms with E-state index in [0.717, 1.165) is 10.1 Å². The number of hydrogen-bond donors (Lipinski definition) is 0. The number of thiophene rings is 1. The first-order chi connectivity index (χ1) is 16.3. The number of aromatic nitrogens is 4. The van der Waals surface area contributed by atoms with Crippen molar-refractivity contribution in [1.82, 2.24) is 18.7 Å². The average molecular weight is 486 g/mol. The molecule has 0 saturated carbocycles. The van der Waals surface area contributed by atoms with E-state index in [9.17, 15) is 18.8 Å². The van der Waals surface area contributed by atoms with Crippen molar-refractivity contribution < 1.29 is 23.4 Å². The maximum Gasteiger partial charge on any atom is 0.332 e. The summed E-state index contributed by atoms with van der Waals surface area (Å²) in [6, 6.07) is 4.45. The third-order valence-corrected chi connectivity index (χ3v) is 6.24. The summed E-state index contributed by atoms with van der Waals surface area (Å²) in [6.07, 6.45) is 0.654. The van der Waals surface area contributed by atoms with Crippen LogP contribution in [0.3, 0.4) is 0 Å². The van der Waals surface area contributed by atoms with Crippen LogP contribution in [0.5, 0.6) is 5.75 Å². The summed E-state index contributed by atoms with van der Waals surface area (Å²) in [4.78, 5) is 41.3. The molecule has 0 amide bonds. The van der Waals surface area contributed by atoms with Crippen molar-refractivity contribution in [3.63, 3.8) is 0 Å². The lowest BCUT2D eigenvalue weighted by Gasteiger charge is -2.27. The van der Waals surface area contributed by atoms with Crippen molar-refractivity contribution in [3.05, 3.63) is 78.6 Å². The van der Waals surface area contributed by atoms with Gasteiger partial charge < -0.3 is 18.8 Å². The molecule has 1 aromatic carbocycles. The SMILES string of the molecule is Cn1c(=O)c2c(ncn2CC(=O)OCc2cc(F)cc3c2O[C@@H](c2ccsc2)OC3)n(C)c1=O. The Morgan fingerprint density at radius 2 is 2.12 bits per heavy atom. The van der Waals surface area contributed by atoms with Crippen molar-refractivity contribution in [2.75, 3.05) is 0 Å². The van der Waals surface area contributed by atoms with E-state index >= 15 is 0 Å². The van der Waals surface area contributed by atoms with Crippen LogP contribution in [-0.4, -0.2) is 24.7 Å². The molecule has 0 saturated heterocycles. The fraction of sp³-hybridized carbons (Fsp3) is 0.273. The molecule has 4 aromatic rings. The number of fused-ring (bicyclic) bond motifs is 2. The monoisotopic (exact) mass is 486 g/mol. The molecule has 5 rings (SSSR count). The fourth-order valence-corrected chi connectivity index (χ4v) is 4.48. The third-order valence-electron chi connectivity index (χ3n) is 5.54. The Kier molecular flexibility index (Phi) is 5.54. The summed E-state index contributed by atoms with van der Waals surface area (Å²) in [5.41, 5.74) is 0.882. The predicted octanol–water partition coefficient (Wildman–Crippen LogP) is 1.99. The summed E-state index contributed by atoms with van der Waals surface area (Å²) in [7, 11) is 2.83. The third kappa shape index (κ3) is 3.80. The van der Waals surface area contributed by atoms with E-state index in [-0.39, 0.29) is 30.9 Å². The predicted molar refractivity (Wildman–Crippen MR) is 119 cm³/mol. The molecular formula is C22H19FN4O6S. The molecule has 0 bridgehead atoms. The van der Waals surface area contributed by atoms with Crippen LogP contribution in [0.2, 0.25) is 0 Å². The number of rotatable bonds is 5. The lowest BCUT2D eigenvalue weighted by Crippen LogP contribution is -2.37. The van der Waals surface area contributed by atoms with E-state index < -0.39 is 29.3 Å². The van der Waals surface area contributed by atoms with Crippen LogP contribution in [0.25, 0.3) is 11.2 Å². The Morgan fingerprint density at radius 1 is 1.29 bits per heavy atom. The van der Waals surface area contributed by atoms with E-state index in [1.807, 2.05) is 16.8 Å². The van der Waals surface area contributed by atoms with Gasteiger partial charge in [0.05, 0.1) is 12.9 Å². The van der Waals surface area contributed by atoms with Crippen LogP contribution in [0.15, 0.2) is 44.9 Å². The van der Waals surface area contributed by atoms with Crippen LogP contribution < -0.4 is 16.0 Å². The largest absolute Gasteiger partial charge is 0.460 e. The van der Waals surface area contributed by atoms with Gasteiger partial charge in [-0.2, -0.15) is 11.3 Å². The van der Waals surface area contributed by atoms with E-state index in [1.165, 1.54) is 53.0 Å². The first kappa shape index (κ1) is 22.0. The van der Waals surface area contributed by atoms with Gasteiger partial charge in [-0.1, -0.05) is 0 Å². The molecule has 4 heterocycles. The van der Waals surface area contributed by atoms with Gasteiger partial charge >= 0.3 is 11.7 Å². The summed E-state index contributed by atoms with van der Waals surface area (Å²) < 4.78 is 34.6. The number of ether oxygens (including phenoxy) is 3. The highest BCUT2D eigenvalue weighted by Crippen LogP contribution is 2.37. The van der Waals surface area contributed by atoms with Gasteiger partial charge in [-0.25, -0.2) is 14.2 Å². The maximum atomic E-state index is 14.2. The van der Waals surface area contributed by atoms with E-state index in [2.05, 4.69) is 4.98 Å². The fourth-order valence-electron chi connectivity index (χ4n) is 3.82. The molecule has 0 fully saturated rings. The summed E-state index contributed by atoms with van der Waals surface area (Å²) in [6.45, 7) is -0.404. The van der Waals surface area contributed by atoms with E-state index in [4.69, 9.17) is 14.2 Å². The van der Waals surface area contributed by atoms with Gasteiger partial charge in [0.2, 0.25) is 6.29 Å². The Hall–Kier alpha value is -3.77. The van der Waals surface area contributed by atoms with Crippen LogP contribution in [-0.2, 0) is 48.1 Å². The van der Waals surface area contributed by atoms with Crippen molar-refractivity contribution in [2.24, 2.45) is 14.1 Å². The highest BCUT2D eigenvalue weighted by Gasteiger charge is 2.26. The van der Waals surface area contributed by atoms with Gasteiger partial charge in [0.15, 0.2) is 11.2 Å². The van der Waals surface area contributed by atoms with Crippen molar-refractivity contribution >= 4 is 28.5 Å². The zero-order valence-corrected chi connectivity index (χ0v) is 19.0. The van der Waals surface area contributed by atoms with Crippen molar-refractivity contribution in [3.8, 4) is 5.75 Å². The lowest BCUT2D eigenvalue weighted by atomic mass is 10.1. The van der Waals surface area contributed by atoms with Crippen LogP contribution >= 0.6 is 11.3 Å².